The third-order valence-electron chi connectivity index (χ3n) is 4.74. The summed E-state index contributed by atoms with van der Waals surface area (Å²) in [5, 5.41) is 2.75. The molecule has 1 N–H and O–H groups in total. The molecule has 0 bridgehead atoms. The molecule has 2 amide bonds. The van der Waals surface area contributed by atoms with Crippen molar-refractivity contribution in [3.8, 4) is 0 Å². The highest BCUT2D eigenvalue weighted by Gasteiger charge is 2.22. The van der Waals surface area contributed by atoms with Gasteiger partial charge in [-0.25, -0.2) is 0 Å². The lowest BCUT2D eigenvalue weighted by Crippen LogP contribution is -2.40. The van der Waals surface area contributed by atoms with Gasteiger partial charge in [0, 0.05) is 26.1 Å². The van der Waals surface area contributed by atoms with Gasteiger partial charge in [0.15, 0.2) is 0 Å². The minimum Gasteiger partial charge on any atom is -0.472 e. The van der Waals surface area contributed by atoms with Gasteiger partial charge < -0.3 is 14.6 Å². The first-order valence-corrected chi connectivity index (χ1v) is 8.84. The van der Waals surface area contributed by atoms with Gasteiger partial charge in [0.2, 0.25) is 5.91 Å². The molecule has 1 aromatic carbocycles. The van der Waals surface area contributed by atoms with Gasteiger partial charge in [-0.05, 0) is 36.8 Å². The molecule has 2 heterocycles. The first-order chi connectivity index (χ1) is 12.2. The maximum atomic E-state index is 12.3. The summed E-state index contributed by atoms with van der Waals surface area (Å²) >= 11 is 0. The van der Waals surface area contributed by atoms with Crippen molar-refractivity contribution < 1.29 is 14.0 Å². The maximum Gasteiger partial charge on any atom is 0.254 e. The Morgan fingerprint density at radius 2 is 1.88 bits per heavy atom. The van der Waals surface area contributed by atoms with Gasteiger partial charge in [-0.15, -0.1) is 0 Å². The van der Waals surface area contributed by atoms with Crippen LogP contribution in [0.5, 0.6) is 0 Å². The zero-order valence-corrected chi connectivity index (χ0v) is 14.3. The van der Waals surface area contributed by atoms with E-state index in [2.05, 4.69) is 29.6 Å². The fourth-order valence-electron chi connectivity index (χ4n) is 3.27. The van der Waals surface area contributed by atoms with Crippen LogP contribution >= 0.6 is 0 Å². The van der Waals surface area contributed by atoms with Crippen molar-refractivity contribution in [1.29, 1.82) is 0 Å². The second-order valence-corrected chi connectivity index (χ2v) is 6.53. The summed E-state index contributed by atoms with van der Waals surface area (Å²) in [6.07, 6.45) is 6.37. The number of rotatable bonds is 6. The number of nitrogens with zero attached hydrogens (tertiary/aromatic N) is 1. The summed E-state index contributed by atoms with van der Waals surface area (Å²) in [7, 11) is 0. The maximum absolute atomic E-state index is 12.3. The predicted molar refractivity (Wildman–Crippen MR) is 95.1 cm³/mol. The number of likely N-dealkylation sites (tertiary alicyclic amines) is 1. The molecule has 0 spiro atoms. The van der Waals surface area contributed by atoms with E-state index < -0.39 is 0 Å². The summed E-state index contributed by atoms with van der Waals surface area (Å²) in [6.45, 7) is 1.98. The lowest BCUT2D eigenvalue weighted by molar-refractivity contribution is -0.132. The fraction of sp³-hybridized carbons (Fsp3) is 0.400. The van der Waals surface area contributed by atoms with Crippen LogP contribution in [0.2, 0.25) is 0 Å². The van der Waals surface area contributed by atoms with E-state index in [0.717, 1.165) is 32.4 Å². The van der Waals surface area contributed by atoms with Crippen molar-refractivity contribution >= 4 is 11.8 Å². The van der Waals surface area contributed by atoms with Gasteiger partial charge in [-0.3, -0.25) is 9.59 Å². The number of carbonyl (C=O) groups is 2. The van der Waals surface area contributed by atoms with Gasteiger partial charge in [-0.2, -0.15) is 0 Å². The number of hydrogen-bond donors (Lipinski definition) is 1. The fourth-order valence-corrected chi connectivity index (χ4v) is 3.27. The summed E-state index contributed by atoms with van der Waals surface area (Å²) in [6, 6.07) is 12.1. The lowest BCUT2D eigenvalue weighted by atomic mass is 9.90. The minimum absolute atomic E-state index is 0.116. The van der Waals surface area contributed by atoms with E-state index in [0.29, 0.717) is 24.4 Å². The molecule has 0 atom stereocenters. The van der Waals surface area contributed by atoms with Crippen molar-refractivity contribution in [2.75, 3.05) is 19.6 Å². The highest BCUT2D eigenvalue weighted by Crippen LogP contribution is 2.22. The largest absolute Gasteiger partial charge is 0.472 e. The molecule has 132 valence electrons. The summed E-state index contributed by atoms with van der Waals surface area (Å²) in [5.41, 5.74) is 1.85. The minimum atomic E-state index is -0.205. The summed E-state index contributed by atoms with van der Waals surface area (Å²) in [4.78, 5) is 26.0. The van der Waals surface area contributed by atoms with Crippen molar-refractivity contribution in [2.45, 2.75) is 25.7 Å². The molecule has 0 radical (unpaired) electrons. The zero-order chi connectivity index (χ0) is 17.5. The summed E-state index contributed by atoms with van der Waals surface area (Å²) < 4.78 is 4.87. The molecule has 1 saturated heterocycles. The highest BCUT2D eigenvalue weighted by atomic mass is 16.3. The van der Waals surface area contributed by atoms with Crippen LogP contribution in [0.1, 0.15) is 35.2 Å². The van der Waals surface area contributed by atoms with Crippen LogP contribution in [0, 0.1) is 5.92 Å². The zero-order valence-electron chi connectivity index (χ0n) is 14.3. The molecule has 1 aliphatic heterocycles. The van der Waals surface area contributed by atoms with E-state index in [1.165, 1.54) is 18.1 Å². The molecule has 1 fully saturated rings. The average molecular weight is 340 g/mol. The van der Waals surface area contributed by atoms with Gasteiger partial charge in [-0.1, -0.05) is 30.3 Å². The summed E-state index contributed by atoms with van der Waals surface area (Å²) in [5.74, 6) is 0.556. The monoisotopic (exact) mass is 340 g/mol. The van der Waals surface area contributed by atoms with E-state index >= 15 is 0 Å². The van der Waals surface area contributed by atoms with E-state index in [-0.39, 0.29) is 11.8 Å². The van der Waals surface area contributed by atoms with E-state index in [9.17, 15) is 9.59 Å². The number of piperidine rings is 1. The molecule has 5 nitrogen and oxygen atoms in total. The molecule has 5 heteroatoms. The van der Waals surface area contributed by atoms with Gasteiger partial charge in [0.1, 0.15) is 6.26 Å². The third-order valence-corrected chi connectivity index (χ3v) is 4.74. The van der Waals surface area contributed by atoms with Gasteiger partial charge in [0.05, 0.1) is 11.8 Å². The third kappa shape index (κ3) is 4.95. The van der Waals surface area contributed by atoms with Crippen molar-refractivity contribution in [3.05, 3.63) is 60.1 Å². The Labute approximate surface area is 148 Å². The van der Waals surface area contributed by atoms with Crippen molar-refractivity contribution in [3.63, 3.8) is 0 Å². The van der Waals surface area contributed by atoms with E-state index in [4.69, 9.17) is 4.42 Å². The molecule has 1 aromatic heterocycles. The molecule has 25 heavy (non-hydrogen) atoms. The quantitative estimate of drug-likeness (QED) is 0.879. The number of amides is 2. The second-order valence-electron chi connectivity index (χ2n) is 6.53. The number of hydrogen-bond acceptors (Lipinski definition) is 3. The number of benzene rings is 1. The average Bonchev–Trinajstić information content (AvgIpc) is 3.18. The topological polar surface area (TPSA) is 62.6 Å². The highest BCUT2D eigenvalue weighted by molar-refractivity contribution is 5.94. The van der Waals surface area contributed by atoms with Crippen LogP contribution < -0.4 is 5.32 Å². The van der Waals surface area contributed by atoms with Crippen LogP contribution in [-0.4, -0.2) is 36.3 Å². The van der Waals surface area contributed by atoms with Crippen molar-refractivity contribution in [1.82, 2.24) is 10.2 Å². The Morgan fingerprint density at radius 1 is 1.12 bits per heavy atom. The first-order valence-electron chi connectivity index (χ1n) is 8.84. The van der Waals surface area contributed by atoms with Crippen LogP contribution in [-0.2, 0) is 11.2 Å². The number of carbonyl (C=O) groups excluding carboxylic acids is 2. The SMILES string of the molecule is O=C(NCCC(=O)N1CCC(Cc2ccccc2)CC1)c1ccoc1. The standard InChI is InChI=1S/C20H24N2O3/c23-19(6-10-21-20(24)18-9-13-25-15-18)22-11-7-17(8-12-22)14-16-4-2-1-3-5-16/h1-5,9,13,15,17H,6-8,10-12,14H2,(H,21,24). The van der Waals surface area contributed by atoms with Crippen LogP contribution in [0.4, 0.5) is 0 Å². The van der Waals surface area contributed by atoms with Crippen LogP contribution in [0.15, 0.2) is 53.3 Å². The molecular formula is C20H24N2O3. The Balaban J connectivity index is 1.36. The second kappa shape index (κ2) is 8.51. The lowest BCUT2D eigenvalue weighted by Gasteiger charge is -2.32. The molecule has 1 aliphatic rings. The number of furan rings is 1. The molecule has 3 rings (SSSR count). The molecular weight excluding hydrogens is 316 g/mol. The van der Waals surface area contributed by atoms with Crippen LogP contribution in [0.3, 0.4) is 0 Å². The molecule has 0 saturated carbocycles. The first kappa shape index (κ1) is 17.3. The molecule has 0 aliphatic carbocycles. The Bertz CT molecular complexity index is 674. The number of nitrogens with one attached hydrogen (secondary N) is 1. The Hall–Kier alpha value is -2.56. The van der Waals surface area contributed by atoms with Gasteiger partial charge >= 0.3 is 0 Å². The van der Waals surface area contributed by atoms with E-state index in [1.54, 1.807) is 6.07 Å². The van der Waals surface area contributed by atoms with Crippen molar-refractivity contribution in [2.24, 2.45) is 5.92 Å². The van der Waals surface area contributed by atoms with Crippen LogP contribution in [0.25, 0.3) is 0 Å². The Morgan fingerprint density at radius 3 is 2.56 bits per heavy atom. The molecule has 0 unspecified atom stereocenters. The smallest absolute Gasteiger partial charge is 0.254 e. The predicted octanol–water partition coefficient (Wildman–Crippen LogP) is 2.88. The van der Waals surface area contributed by atoms with E-state index in [1.807, 2.05) is 11.0 Å². The van der Waals surface area contributed by atoms with Gasteiger partial charge in [0.25, 0.3) is 5.91 Å². The molecule has 2 aromatic rings. The Kier molecular flexibility index (Phi) is 5.88. The normalized spacial score (nSPS) is 15.1.